The van der Waals surface area contributed by atoms with Crippen LogP contribution in [0, 0.1) is 0 Å². The molecule has 17 heavy (non-hydrogen) atoms. The lowest BCUT2D eigenvalue weighted by atomic mass is 10.4. The van der Waals surface area contributed by atoms with Crippen molar-refractivity contribution in [3.63, 3.8) is 0 Å². The van der Waals surface area contributed by atoms with Crippen LogP contribution in [0.2, 0.25) is 0 Å². The van der Waals surface area contributed by atoms with Crippen LogP contribution < -0.4 is 5.73 Å². The summed E-state index contributed by atoms with van der Waals surface area (Å²) in [5.74, 6) is -1.98. The molecule has 2 amide bonds. The molecule has 1 rings (SSSR count). The van der Waals surface area contributed by atoms with Crippen molar-refractivity contribution in [2.45, 2.75) is 19.8 Å². The SMILES string of the molecule is CC(=O)Br.NCC(=O)O.O=C1CCC(=O)N1O. The fourth-order valence-electron chi connectivity index (χ4n) is 0.565. The smallest absolute Gasteiger partial charge is 0.317 e. The van der Waals surface area contributed by atoms with E-state index in [4.69, 9.17) is 10.3 Å². The number of halogens is 1. The van der Waals surface area contributed by atoms with Gasteiger partial charge in [-0.3, -0.25) is 24.4 Å². The molecule has 0 aliphatic carbocycles. The molecule has 1 heterocycles. The summed E-state index contributed by atoms with van der Waals surface area (Å²) >= 11 is 2.63. The molecule has 0 unspecified atom stereocenters. The van der Waals surface area contributed by atoms with E-state index in [1.54, 1.807) is 0 Å². The number of hydroxylamine groups is 2. The van der Waals surface area contributed by atoms with E-state index in [1.807, 2.05) is 0 Å². The molecule has 0 atom stereocenters. The number of carboxylic acids is 1. The minimum absolute atomic E-state index is 0.0208. The van der Waals surface area contributed by atoms with Gasteiger partial charge in [0.05, 0.1) is 6.54 Å². The van der Waals surface area contributed by atoms with Gasteiger partial charge in [-0.05, 0) is 15.9 Å². The summed E-state index contributed by atoms with van der Waals surface area (Å²) in [6.07, 6.45) is 0.296. The molecule has 0 radical (unpaired) electrons. The first-order chi connectivity index (χ1) is 7.72. The van der Waals surface area contributed by atoms with E-state index in [0.29, 0.717) is 0 Å². The Morgan fingerprint density at radius 3 is 1.65 bits per heavy atom. The molecule has 98 valence electrons. The van der Waals surface area contributed by atoms with Crippen LogP contribution in [0.3, 0.4) is 0 Å². The Morgan fingerprint density at radius 2 is 1.59 bits per heavy atom. The van der Waals surface area contributed by atoms with Crippen LogP contribution >= 0.6 is 15.9 Å². The van der Waals surface area contributed by atoms with Gasteiger partial charge < -0.3 is 10.8 Å². The van der Waals surface area contributed by atoms with E-state index in [9.17, 15) is 19.2 Å². The van der Waals surface area contributed by atoms with Crippen molar-refractivity contribution >= 4 is 38.4 Å². The molecule has 0 saturated carbocycles. The first kappa shape index (κ1) is 18.1. The zero-order valence-electron chi connectivity index (χ0n) is 9.05. The van der Waals surface area contributed by atoms with Gasteiger partial charge >= 0.3 is 5.97 Å². The predicted octanol–water partition coefficient (Wildman–Crippen LogP) is -0.518. The Morgan fingerprint density at radius 1 is 1.35 bits per heavy atom. The Balaban J connectivity index is 0. The highest BCUT2D eigenvalue weighted by atomic mass is 79.9. The molecule has 0 aromatic rings. The van der Waals surface area contributed by atoms with Gasteiger partial charge in [0.1, 0.15) is 0 Å². The van der Waals surface area contributed by atoms with Crippen molar-refractivity contribution in [1.82, 2.24) is 5.06 Å². The summed E-state index contributed by atoms with van der Waals surface area (Å²) in [6.45, 7) is 1.17. The van der Waals surface area contributed by atoms with Crippen LogP contribution in [0.25, 0.3) is 0 Å². The number of nitrogens with zero attached hydrogens (tertiary/aromatic N) is 1. The largest absolute Gasteiger partial charge is 0.480 e. The second-order valence-corrected chi connectivity index (χ2v) is 3.78. The van der Waals surface area contributed by atoms with Gasteiger partial charge in [0.15, 0.2) is 4.69 Å². The summed E-state index contributed by atoms with van der Waals surface area (Å²) in [6, 6.07) is 0. The average Bonchev–Trinajstić information content (AvgIpc) is 2.49. The number of nitrogens with two attached hydrogens (primary N) is 1. The number of imide groups is 1. The first-order valence-corrected chi connectivity index (χ1v) is 5.14. The third-order valence-corrected chi connectivity index (χ3v) is 1.20. The number of carbonyl (C=O) groups excluding carboxylic acids is 3. The maximum atomic E-state index is 10.2. The molecule has 9 heteroatoms. The molecule has 0 aromatic carbocycles. The lowest BCUT2D eigenvalue weighted by Gasteiger charge is -1.98. The molecule has 0 bridgehead atoms. The molecule has 0 aromatic heterocycles. The third kappa shape index (κ3) is 12.6. The monoisotopic (exact) mass is 312 g/mol. The standard InChI is InChI=1S/C4H5NO3.C2H3BrO.C2H5NO2/c6-3-1-2-4(7)5(3)8;1-2(3)4;3-1-2(4)5/h8H,1-2H2;1H3;1,3H2,(H,4,5). The maximum Gasteiger partial charge on any atom is 0.317 e. The van der Waals surface area contributed by atoms with E-state index in [0.717, 1.165) is 0 Å². The highest BCUT2D eigenvalue weighted by Gasteiger charge is 2.26. The summed E-state index contributed by atoms with van der Waals surface area (Å²) < 4.78 is -0.0208. The molecule has 1 aliphatic rings. The van der Waals surface area contributed by atoms with Crippen molar-refractivity contribution in [3.05, 3.63) is 0 Å². The molecule has 1 fully saturated rings. The fraction of sp³-hybridized carbons (Fsp3) is 0.500. The molecule has 4 N–H and O–H groups in total. The minimum Gasteiger partial charge on any atom is -0.480 e. The number of amides is 2. The van der Waals surface area contributed by atoms with Gasteiger partial charge in [0.25, 0.3) is 11.8 Å². The van der Waals surface area contributed by atoms with Crippen LogP contribution in [0.15, 0.2) is 0 Å². The van der Waals surface area contributed by atoms with Crippen molar-refractivity contribution in [2.75, 3.05) is 6.54 Å². The molecule has 1 saturated heterocycles. The molecular weight excluding hydrogens is 300 g/mol. The zero-order chi connectivity index (χ0) is 14.0. The van der Waals surface area contributed by atoms with E-state index in [-0.39, 0.29) is 29.1 Å². The van der Waals surface area contributed by atoms with E-state index >= 15 is 0 Å². The van der Waals surface area contributed by atoms with Crippen LogP contribution in [0.5, 0.6) is 0 Å². The van der Waals surface area contributed by atoms with Crippen LogP contribution in [0.1, 0.15) is 19.8 Å². The minimum atomic E-state index is -0.968. The lowest BCUT2D eigenvalue weighted by molar-refractivity contribution is -0.171. The number of carbonyl (C=O) groups is 4. The Bertz CT molecular complexity index is 286. The Kier molecular flexibility index (Phi) is 10.5. The third-order valence-electron chi connectivity index (χ3n) is 1.20. The Labute approximate surface area is 105 Å². The van der Waals surface area contributed by atoms with E-state index in [1.165, 1.54) is 6.92 Å². The van der Waals surface area contributed by atoms with Gasteiger partial charge in [-0.1, -0.05) is 0 Å². The van der Waals surface area contributed by atoms with Crippen molar-refractivity contribution in [1.29, 1.82) is 0 Å². The highest BCUT2D eigenvalue weighted by Crippen LogP contribution is 2.06. The zero-order valence-corrected chi connectivity index (χ0v) is 10.6. The number of carboxylic acid groups (broad SMARTS) is 1. The normalized spacial score (nSPS) is 13.3. The Hall–Kier alpha value is -1.32. The topological polar surface area (TPSA) is 138 Å². The number of rotatable bonds is 1. The van der Waals surface area contributed by atoms with Crippen LogP contribution in [0.4, 0.5) is 0 Å². The molecule has 8 nitrogen and oxygen atoms in total. The summed E-state index contributed by atoms with van der Waals surface area (Å²) in [5.41, 5.74) is 4.57. The first-order valence-electron chi connectivity index (χ1n) is 4.35. The summed E-state index contributed by atoms with van der Waals surface area (Å²) in [5, 5.41) is 16.2. The van der Waals surface area contributed by atoms with Gasteiger partial charge in [-0.15, -0.1) is 0 Å². The summed E-state index contributed by atoms with van der Waals surface area (Å²) in [4.78, 5) is 39.1. The van der Waals surface area contributed by atoms with Crippen LogP contribution in [-0.4, -0.2) is 44.4 Å². The predicted molar refractivity (Wildman–Crippen MR) is 59.2 cm³/mol. The van der Waals surface area contributed by atoms with Crippen LogP contribution in [-0.2, 0) is 19.2 Å². The average molecular weight is 313 g/mol. The van der Waals surface area contributed by atoms with Gasteiger partial charge in [0, 0.05) is 19.8 Å². The van der Waals surface area contributed by atoms with E-state index in [2.05, 4.69) is 21.7 Å². The lowest BCUT2D eigenvalue weighted by Crippen LogP contribution is -2.24. The van der Waals surface area contributed by atoms with Crippen molar-refractivity contribution in [3.8, 4) is 0 Å². The second kappa shape index (κ2) is 9.87. The van der Waals surface area contributed by atoms with Crippen molar-refractivity contribution in [2.24, 2.45) is 5.73 Å². The fourth-order valence-corrected chi connectivity index (χ4v) is 0.565. The van der Waals surface area contributed by atoms with Gasteiger partial charge in [-0.2, -0.15) is 5.06 Å². The van der Waals surface area contributed by atoms with Gasteiger partial charge in [-0.25, -0.2) is 0 Å². The molecular formula is C8H13BrN2O6. The summed E-state index contributed by atoms with van der Waals surface area (Å²) in [7, 11) is 0. The van der Waals surface area contributed by atoms with E-state index < -0.39 is 17.8 Å². The molecule has 0 spiro atoms. The number of hydrogen-bond donors (Lipinski definition) is 3. The molecule has 1 aliphatic heterocycles. The second-order valence-electron chi connectivity index (χ2n) is 2.67. The van der Waals surface area contributed by atoms with Crippen molar-refractivity contribution < 1.29 is 29.5 Å². The van der Waals surface area contributed by atoms with Gasteiger partial charge in [0.2, 0.25) is 0 Å². The maximum absolute atomic E-state index is 10.2. The highest BCUT2D eigenvalue weighted by molar-refractivity contribution is 9.18. The number of hydrogen-bond acceptors (Lipinski definition) is 6. The quantitative estimate of drug-likeness (QED) is 0.336. The number of aliphatic carboxylic acids is 1.